The molecule has 2 N–H and O–H groups in total. The number of hydrogen-bond donors (Lipinski definition) is 2. The molecule has 0 aliphatic heterocycles. The molecule has 2 saturated carbocycles. The Labute approximate surface area is 139 Å². The van der Waals surface area contributed by atoms with Crippen molar-refractivity contribution in [2.24, 2.45) is 28.1 Å². The molecule has 0 spiro atoms. The fraction of sp³-hybridized carbons (Fsp3) is 0.750. The van der Waals surface area contributed by atoms with Crippen molar-refractivity contribution in [3.05, 3.63) is 24.3 Å². The minimum atomic E-state index is -1.02. The lowest BCUT2D eigenvalue weighted by molar-refractivity contribution is -0.183. The molecule has 0 amide bonds. The highest BCUT2D eigenvalue weighted by Gasteiger charge is 2.61. The van der Waals surface area contributed by atoms with Gasteiger partial charge < -0.3 is 10.2 Å². The summed E-state index contributed by atoms with van der Waals surface area (Å²) < 4.78 is 0. The number of hydrogen-bond acceptors (Lipinski definition) is 2. The van der Waals surface area contributed by atoms with E-state index < -0.39 is 17.5 Å². The summed E-state index contributed by atoms with van der Waals surface area (Å²) in [4.78, 5) is 12.0. The van der Waals surface area contributed by atoms with Crippen molar-refractivity contribution in [2.45, 2.75) is 65.4 Å². The second-order valence-electron chi connectivity index (χ2n) is 8.76. The van der Waals surface area contributed by atoms with Crippen LogP contribution in [0.15, 0.2) is 24.3 Å². The van der Waals surface area contributed by atoms with Crippen molar-refractivity contribution in [1.29, 1.82) is 0 Å². The molecule has 0 bridgehead atoms. The van der Waals surface area contributed by atoms with Gasteiger partial charge in [-0.2, -0.15) is 0 Å². The second kappa shape index (κ2) is 5.20. The maximum atomic E-state index is 12.0. The monoisotopic (exact) mass is 318 g/mol. The molecule has 23 heavy (non-hydrogen) atoms. The average molecular weight is 318 g/mol. The molecule has 0 saturated heterocycles. The van der Waals surface area contributed by atoms with Gasteiger partial charge in [0.15, 0.2) is 0 Å². The van der Waals surface area contributed by atoms with Crippen LogP contribution in [0, 0.1) is 28.1 Å². The van der Waals surface area contributed by atoms with Crippen LogP contribution in [0.5, 0.6) is 0 Å². The summed E-state index contributed by atoms with van der Waals surface area (Å²) >= 11 is 0. The fourth-order valence-electron chi connectivity index (χ4n) is 5.89. The Balaban J connectivity index is 2.01. The second-order valence-corrected chi connectivity index (χ2v) is 8.76. The van der Waals surface area contributed by atoms with Gasteiger partial charge in [-0.15, -0.1) is 6.58 Å². The van der Waals surface area contributed by atoms with Crippen LogP contribution in [-0.2, 0) is 4.79 Å². The first-order chi connectivity index (χ1) is 10.7. The van der Waals surface area contributed by atoms with Gasteiger partial charge in [-0.1, -0.05) is 31.6 Å². The molecule has 0 aromatic carbocycles. The molecule has 3 heteroatoms. The lowest BCUT2D eigenvalue weighted by atomic mass is 9.44. The van der Waals surface area contributed by atoms with E-state index in [-0.39, 0.29) is 16.7 Å². The Bertz CT molecular complexity index is 565. The van der Waals surface area contributed by atoms with Crippen LogP contribution in [0.3, 0.4) is 0 Å². The highest BCUT2D eigenvalue weighted by Crippen LogP contribution is 2.63. The number of aliphatic hydroxyl groups excluding tert-OH is 1. The lowest BCUT2D eigenvalue weighted by Crippen LogP contribution is -2.59. The van der Waals surface area contributed by atoms with Gasteiger partial charge in [0.2, 0.25) is 0 Å². The summed E-state index contributed by atoms with van der Waals surface area (Å²) in [6.07, 6.45) is 9.26. The van der Waals surface area contributed by atoms with Gasteiger partial charge in [0.05, 0.1) is 11.5 Å². The highest BCUT2D eigenvalue weighted by molar-refractivity contribution is 5.76. The van der Waals surface area contributed by atoms with Crippen LogP contribution in [0.25, 0.3) is 0 Å². The molecule has 0 heterocycles. The number of rotatable bonds is 2. The average Bonchev–Trinajstić information content (AvgIpc) is 2.51. The van der Waals surface area contributed by atoms with Gasteiger partial charge in [0, 0.05) is 5.41 Å². The quantitative estimate of drug-likeness (QED) is 0.751. The number of fused-ring (bicyclic) bond motifs is 3. The first-order valence-corrected chi connectivity index (χ1v) is 8.94. The zero-order chi connectivity index (χ0) is 17.0. The summed E-state index contributed by atoms with van der Waals surface area (Å²) in [6, 6.07) is 0. The lowest BCUT2D eigenvalue weighted by Gasteiger charge is -2.60. The predicted molar refractivity (Wildman–Crippen MR) is 90.9 cm³/mol. The molecule has 3 aliphatic rings. The Morgan fingerprint density at radius 3 is 2.57 bits per heavy atom. The van der Waals surface area contributed by atoms with E-state index in [1.54, 1.807) is 6.92 Å². The summed E-state index contributed by atoms with van der Waals surface area (Å²) in [5, 5.41) is 20.3. The Morgan fingerprint density at radius 1 is 1.26 bits per heavy atom. The van der Waals surface area contributed by atoms with Crippen molar-refractivity contribution in [1.82, 2.24) is 0 Å². The van der Waals surface area contributed by atoms with E-state index in [4.69, 9.17) is 0 Å². The van der Waals surface area contributed by atoms with Gasteiger partial charge in [-0.3, -0.25) is 4.79 Å². The van der Waals surface area contributed by atoms with Crippen molar-refractivity contribution < 1.29 is 15.0 Å². The number of carboxylic acids is 1. The topological polar surface area (TPSA) is 57.5 Å². The normalized spacial score (nSPS) is 49.6. The van der Waals surface area contributed by atoms with Crippen molar-refractivity contribution in [3.8, 4) is 0 Å². The van der Waals surface area contributed by atoms with Crippen molar-refractivity contribution >= 4 is 5.97 Å². The summed E-state index contributed by atoms with van der Waals surface area (Å²) in [7, 11) is 0. The van der Waals surface area contributed by atoms with E-state index >= 15 is 0 Å². The molecule has 2 fully saturated rings. The third kappa shape index (κ3) is 2.23. The zero-order valence-electron chi connectivity index (χ0n) is 14.6. The van der Waals surface area contributed by atoms with Crippen LogP contribution in [-0.4, -0.2) is 22.3 Å². The first-order valence-electron chi connectivity index (χ1n) is 8.94. The van der Waals surface area contributed by atoms with E-state index in [1.807, 2.05) is 0 Å². The Hall–Kier alpha value is -1.09. The molecule has 6 atom stereocenters. The number of carbonyl (C=O) groups is 1. The molecule has 3 nitrogen and oxygen atoms in total. The van der Waals surface area contributed by atoms with Crippen LogP contribution >= 0.6 is 0 Å². The third-order valence-electron chi connectivity index (χ3n) is 7.55. The van der Waals surface area contributed by atoms with E-state index in [0.29, 0.717) is 12.3 Å². The van der Waals surface area contributed by atoms with Crippen molar-refractivity contribution in [2.75, 3.05) is 0 Å². The first kappa shape index (κ1) is 16.8. The number of aliphatic carboxylic acids is 1. The third-order valence-corrected chi connectivity index (χ3v) is 7.55. The summed E-state index contributed by atoms with van der Waals surface area (Å²) in [6.45, 7) is 10.3. The molecule has 0 radical (unpaired) electrons. The molecular weight excluding hydrogens is 288 g/mol. The van der Waals surface area contributed by atoms with Gasteiger partial charge in [-0.05, 0) is 62.7 Å². The molecule has 0 unspecified atom stereocenters. The van der Waals surface area contributed by atoms with Gasteiger partial charge in [0.25, 0.3) is 0 Å². The molecule has 128 valence electrons. The Morgan fingerprint density at radius 2 is 1.96 bits per heavy atom. The van der Waals surface area contributed by atoms with Crippen LogP contribution in [0.1, 0.15) is 59.3 Å². The van der Waals surface area contributed by atoms with E-state index in [2.05, 4.69) is 32.6 Å². The summed E-state index contributed by atoms with van der Waals surface area (Å²) in [5.41, 5.74) is 0.553. The molecule has 0 aromatic rings. The minimum Gasteiger partial charge on any atom is -0.481 e. The van der Waals surface area contributed by atoms with Crippen molar-refractivity contribution in [3.63, 3.8) is 0 Å². The Kier molecular flexibility index (Phi) is 3.79. The van der Waals surface area contributed by atoms with Gasteiger partial charge in [0.1, 0.15) is 0 Å². The molecular formula is C20H30O3. The van der Waals surface area contributed by atoms with E-state index in [0.717, 1.165) is 32.1 Å². The number of carboxylic acid groups (broad SMARTS) is 1. The zero-order valence-corrected chi connectivity index (χ0v) is 14.6. The smallest absolute Gasteiger partial charge is 0.312 e. The predicted octanol–water partition coefficient (Wildman–Crippen LogP) is 4.18. The van der Waals surface area contributed by atoms with Crippen LogP contribution in [0.4, 0.5) is 0 Å². The fourth-order valence-corrected chi connectivity index (χ4v) is 5.89. The highest BCUT2D eigenvalue weighted by atomic mass is 16.4. The van der Waals surface area contributed by atoms with E-state index in [1.165, 1.54) is 5.57 Å². The largest absolute Gasteiger partial charge is 0.481 e. The maximum absolute atomic E-state index is 12.0. The SMILES string of the molecule is C=C[C@]1(C)C=C2CC[C@@H]3[C@](C)(CC[C@H](O)[C@@]3(C)C(=O)O)[C@H]2CC1. The number of allylic oxidation sites excluding steroid dienone is 3. The molecule has 3 rings (SSSR count). The molecule has 0 aromatic heterocycles. The van der Waals surface area contributed by atoms with Gasteiger partial charge in [-0.25, -0.2) is 0 Å². The maximum Gasteiger partial charge on any atom is 0.312 e. The molecule has 3 aliphatic carbocycles. The van der Waals surface area contributed by atoms with E-state index in [9.17, 15) is 15.0 Å². The number of aliphatic hydroxyl groups is 1. The summed E-state index contributed by atoms with van der Waals surface area (Å²) in [5.74, 6) is -0.327. The van der Waals surface area contributed by atoms with Gasteiger partial charge >= 0.3 is 5.97 Å². The van der Waals surface area contributed by atoms with Crippen LogP contribution in [0.2, 0.25) is 0 Å². The minimum absolute atomic E-state index is 0.0149. The standard InChI is InChI=1S/C20H30O3/c1-5-18(2)10-8-14-13(12-18)6-7-15-19(14,3)11-9-16(21)20(15,4)17(22)23/h5,12,14-16,21H,1,6-11H2,2-4H3,(H,22,23)/t14-,15+,16-,18-,19+,20-/m0/s1. The van der Waals surface area contributed by atoms with Crippen LogP contribution < -0.4 is 0 Å².